The molecule has 0 saturated carbocycles. The molecule has 0 N–H and O–H groups in total. The highest BCUT2D eigenvalue weighted by Gasteiger charge is 2.28. The lowest BCUT2D eigenvalue weighted by Gasteiger charge is -2.28. The van der Waals surface area contributed by atoms with Crippen LogP contribution in [0.25, 0.3) is 0 Å². The monoisotopic (exact) mass is 332 g/mol. The van der Waals surface area contributed by atoms with Gasteiger partial charge in [0, 0.05) is 17.8 Å². The van der Waals surface area contributed by atoms with Crippen molar-refractivity contribution < 1.29 is 0 Å². The average Bonchev–Trinajstić information content (AvgIpc) is 2.30. The van der Waals surface area contributed by atoms with Crippen molar-refractivity contribution in [3.8, 4) is 0 Å². The number of hydrogen-bond acceptors (Lipinski definition) is 2. The maximum absolute atomic E-state index is 4.53. The molecular weight excluding hydrogens is 311 g/mol. The fourth-order valence-electron chi connectivity index (χ4n) is 1.95. The Morgan fingerprint density at radius 2 is 1.88 bits per heavy atom. The largest absolute Gasteiger partial charge is 0.256 e. The smallest absolute Gasteiger partial charge is 0.123 e. The molecule has 0 aromatic carbocycles. The van der Waals surface area contributed by atoms with Crippen molar-refractivity contribution in [1.29, 1.82) is 0 Å². The molecule has 0 saturated heterocycles. The van der Waals surface area contributed by atoms with Gasteiger partial charge in [0.25, 0.3) is 0 Å². The average molecular weight is 332 g/mol. The highest BCUT2D eigenvalue weighted by molar-refractivity contribution is 14.1. The molecule has 0 fully saturated rings. The Bertz CT molecular complexity index is 327. The van der Waals surface area contributed by atoms with E-state index in [-0.39, 0.29) is 5.41 Å². The summed E-state index contributed by atoms with van der Waals surface area (Å²) in [6.07, 6.45) is 9.80. The lowest BCUT2D eigenvalue weighted by molar-refractivity contribution is 0.384. The molecule has 0 bridgehead atoms. The zero-order valence-electron chi connectivity index (χ0n) is 10.5. The van der Waals surface area contributed by atoms with Crippen LogP contribution in [0.2, 0.25) is 0 Å². The second kappa shape index (κ2) is 6.52. The molecule has 0 spiro atoms. The van der Waals surface area contributed by atoms with E-state index in [4.69, 9.17) is 0 Å². The van der Waals surface area contributed by atoms with E-state index in [2.05, 4.69) is 53.3 Å². The number of nitrogens with zero attached hydrogens (tertiary/aromatic N) is 2. The Morgan fingerprint density at radius 3 is 2.44 bits per heavy atom. The van der Waals surface area contributed by atoms with E-state index >= 15 is 0 Å². The first-order valence-corrected chi connectivity index (χ1v) is 7.19. The molecule has 1 heterocycles. The van der Waals surface area contributed by atoms with Crippen molar-refractivity contribution in [1.82, 2.24) is 9.97 Å². The second-order valence-electron chi connectivity index (χ2n) is 4.57. The van der Waals surface area contributed by atoms with E-state index in [1.165, 1.54) is 31.4 Å². The summed E-state index contributed by atoms with van der Waals surface area (Å²) >= 11 is 2.30. The van der Waals surface area contributed by atoms with Crippen LogP contribution in [0, 0.1) is 3.70 Å². The van der Waals surface area contributed by atoms with E-state index in [9.17, 15) is 0 Å². The van der Waals surface area contributed by atoms with Crippen LogP contribution < -0.4 is 0 Å². The molecule has 2 nitrogen and oxygen atoms in total. The van der Waals surface area contributed by atoms with Crippen LogP contribution in [0.4, 0.5) is 0 Å². The van der Waals surface area contributed by atoms with Gasteiger partial charge in [-0.1, -0.05) is 40.0 Å². The molecule has 1 unspecified atom stereocenters. The van der Waals surface area contributed by atoms with E-state index < -0.39 is 0 Å². The fourth-order valence-corrected chi connectivity index (χ4v) is 2.90. The van der Waals surface area contributed by atoms with Crippen LogP contribution in [-0.4, -0.2) is 9.97 Å². The SMILES string of the molecule is CCCCCC(C)(CC)c1nccnc1I. The van der Waals surface area contributed by atoms with Gasteiger partial charge in [-0.05, 0) is 35.4 Å². The quantitative estimate of drug-likeness (QED) is 0.572. The maximum Gasteiger partial charge on any atom is 0.123 e. The normalized spacial score (nSPS) is 14.8. The first-order valence-electron chi connectivity index (χ1n) is 6.11. The molecule has 0 aliphatic heterocycles. The molecule has 0 radical (unpaired) electrons. The van der Waals surface area contributed by atoms with Crippen molar-refractivity contribution in [3.63, 3.8) is 0 Å². The zero-order valence-corrected chi connectivity index (χ0v) is 12.6. The summed E-state index contributed by atoms with van der Waals surface area (Å²) in [6, 6.07) is 0. The van der Waals surface area contributed by atoms with Crippen LogP contribution in [0.5, 0.6) is 0 Å². The Morgan fingerprint density at radius 1 is 1.19 bits per heavy atom. The molecule has 1 rings (SSSR count). The van der Waals surface area contributed by atoms with Gasteiger partial charge < -0.3 is 0 Å². The van der Waals surface area contributed by atoms with Crippen LogP contribution in [-0.2, 0) is 5.41 Å². The summed E-state index contributed by atoms with van der Waals surface area (Å²) in [4.78, 5) is 8.88. The van der Waals surface area contributed by atoms with Crippen LogP contribution in [0.1, 0.15) is 58.6 Å². The number of hydrogen-bond donors (Lipinski definition) is 0. The van der Waals surface area contributed by atoms with E-state index in [0.29, 0.717) is 0 Å². The Hall–Kier alpha value is -0.190. The number of rotatable bonds is 6. The minimum atomic E-state index is 0.194. The highest BCUT2D eigenvalue weighted by atomic mass is 127. The lowest BCUT2D eigenvalue weighted by Crippen LogP contribution is -2.24. The Balaban J connectivity index is 2.83. The summed E-state index contributed by atoms with van der Waals surface area (Å²) < 4.78 is 1.06. The van der Waals surface area contributed by atoms with Crippen LogP contribution >= 0.6 is 22.6 Å². The second-order valence-corrected chi connectivity index (χ2v) is 5.59. The maximum atomic E-state index is 4.53. The van der Waals surface area contributed by atoms with E-state index in [0.717, 1.165) is 10.1 Å². The van der Waals surface area contributed by atoms with Gasteiger partial charge in [0.2, 0.25) is 0 Å². The summed E-state index contributed by atoms with van der Waals surface area (Å²) in [5, 5.41) is 0. The zero-order chi connectivity index (χ0) is 12.0. The van der Waals surface area contributed by atoms with Crippen LogP contribution in [0.15, 0.2) is 12.4 Å². The fraction of sp³-hybridized carbons (Fsp3) is 0.692. The van der Waals surface area contributed by atoms with Gasteiger partial charge >= 0.3 is 0 Å². The van der Waals surface area contributed by atoms with E-state index in [1.54, 1.807) is 6.20 Å². The third-order valence-electron chi connectivity index (χ3n) is 3.34. The minimum absolute atomic E-state index is 0.194. The summed E-state index contributed by atoms with van der Waals surface area (Å²) in [6.45, 7) is 6.81. The first-order chi connectivity index (χ1) is 7.64. The van der Waals surface area contributed by atoms with Gasteiger partial charge in [0.1, 0.15) is 3.70 Å². The van der Waals surface area contributed by atoms with Gasteiger partial charge in [0.05, 0.1) is 5.69 Å². The highest BCUT2D eigenvalue weighted by Crippen LogP contribution is 2.33. The number of halogens is 1. The molecule has 0 aliphatic carbocycles. The first kappa shape index (κ1) is 13.9. The van der Waals surface area contributed by atoms with Crippen molar-refractivity contribution in [3.05, 3.63) is 21.8 Å². The van der Waals surface area contributed by atoms with Crippen molar-refractivity contribution in [2.75, 3.05) is 0 Å². The van der Waals surface area contributed by atoms with E-state index in [1.807, 2.05) is 6.20 Å². The summed E-state index contributed by atoms with van der Waals surface area (Å²) in [7, 11) is 0. The van der Waals surface area contributed by atoms with Gasteiger partial charge in [-0.3, -0.25) is 4.98 Å². The third-order valence-corrected chi connectivity index (χ3v) is 4.13. The number of unbranched alkanes of at least 4 members (excludes halogenated alkanes) is 2. The van der Waals surface area contributed by atoms with Crippen molar-refractivity contribution in [2.45, 2.75) is 58.3 Å². The van der Waals surface area contributed by atoms with Crippen molar-refractivity contribution >= 4 is 22.6 Å². The Kier molecular flexibility index (Phi) is 5.66. The van der Waals surface area contributed by atoms with Gasteiger partial charge in [0.15, 0.2) is 0 Å². The molecule has 0 amide bonds. The predicted molar refractivity (Wildman–Crippen MR) is 76.5 cm³/mol. The topological polar surface area (TPSA) is 25.8 Å². The summed E-state index contributed by atoms with van der Waals surface area (Å²) in [5.74, 6) is 0. The minimum Gasteiger partial charge on any atom is -0.256 e. The molecule has 1 aromatic heterocycles. The van der Waals surface area contributed by atoms with Gasteiger partial charge in [-0.2, -0.15) is 0 Å². The molecular formula is C13H21IN2. The third kappa shape index (κ3) is 3.40. The molecule has 1 aromatic rings. The lowest BCUT2D eigenvalue weighted by atomic mass is 9.79. The molecule has 0 aliphatic rings. The summed E-state index contributed by atoms with van der Waals surface area (Å²) in [5.41, 5.74) is 1.37. The number of aromatic nitrogens is 2. The standard InChI is InChI=1S/C13H21IN2/c1-4-6-7-8-13(3,5-2)11-12(14)16-10-9-15-11/h9-10H,4-8H2,1-3H3. The van der Waals surface area contributed by atoms with Gasteiger partial charge in [-0.25, -0.2) is 4.98 Å². The molecule has 3 heteroatoms. The molecule has 16 heavy (non-hydrogen) atoms. The predicted octanol–water partition coefficient (Wildman–Crippen LogP) is 4.33. The van der Waals surface area contributed by atoms with Crippen LogP contribution in [0.3, 0.4) is 0 Å². The molecule has 1 atom stereocenters. The Labute approximate surface area is 112 Å². The molecule has 90 valence electrons. The van der Waals surface area contributed by atoms with Crippen molar-refractivity contribution in [2.24, 2.45) is 0 Å². The van der Waals surface area contributed by atoms with Gasteiger partial charge in [-0.15, -0.1) is 0 Å².